The molecule has 0 fully saturated rings. The van der Waals surface area contributed by atoms with Crippen molar-refractivity contribution in [3.63, 3.8) is 0 Å². The number of amides is 4. The summed E-state index contributed by atoms with van der Waals surface area (Å²) in [5.41, 5.74) is 6.51. The lowest BCUT2D eigenvalue weighted by molar-refractivity contribution is -0.145. The van der Waals surface area contributed by atoms with Crippen LogP contribution in [0.2, 0.25) is 0 Å². The molecule has 0 aliphatic heterocycles. The van der Waals surface area contributed by atoms with Gasteiger partial charge in [-0.05, 0) is 58.2 Å². The standard InChI is InChI=1S/C26H40N4O8/c1-7-37-21(33)11-12-28-23(34)22(18-10-8-9-16(2)17(18)3)30(13-14-31)24(35)19(15-20(27)32)29-25(36)38-26(4,5)6/h8-10,19,22,31H,7,11-15H2,1-6H3,(H2,27,32)(H,28,34)(H,29,36). The molecular weight excluding hydrogens is 496 g/mol. The molecule has 2 atom stereocenters. The zero-order chi connectivity index (χ0) is 29.0. The summed E-state index contributed by atoms with van der Waals surface area (Å²) in [6.07, 6.45) is -1.61. The SMILES string of the molecule is CCOC(=O)CCNC(=O)C(c1cccc(C)c1C)N(CCO)C(=O)C(CC(N)=O)NC(=O)OC(C)(C)C. The summed E-state index contributed by atoms with van der Waals surface area (Å²) in [7, 11) is 0. The van der Waals surface area contributed by atoms with E-state index in [4.69, 9.17) is 15.2 Å². The number of hydrogen-bond donors (Lipinski definition) is 4. The summed E-state index contributed by atoms with van der Waals surface area (Å²) < 4.78 is 10.1. The number of carbonyl (C=O) groups is 5. The van der Waals surface area contributed by atoms with Crippen LogP contribution in [-0.4, -0.2) is 77.7 Å². The zero-order valence-corrected chi connectivity index (χ0v) is 23.0. The van der Waals surface area contributed by atoms with Gasteiger partial charge < -0.3 is 35.8 Å². The zero-order valence-electron chi connectivity index (χ0n) is 23.0. The lowest BCUT2D eigenvalue weighted by Gasteiger charge is -2.34. The van der Waals surface area contributed by atoms with E-state index in [-0.39, 0.29) is 26.1 Å². The van der Waals surface area contributed by atoms with Crippen molar-refractivity contribution < 1.29 is 38.6 Å². The topological polar surface area (TPSA) is 177 Å². The molecule has 1 aromatic rings. The van der Waals surface area contributed by atoms with Gasteiger partial charge in [-0.1, -0.05) is 18.2 Å². The Balaban J connectivity index is 3.44. The van der Waals surface area contributed by atoms with Gasteiger partial charge in [0.1, 0.15) is 17.7 Å². The van der Waals surface area contributed by atoms with E-state index in [2.05, 4.69) is 10.6 Å². The number of carbonyl (C=O) groups excluding carboxylic acids is 5. The first-order valence-electron chi connectivity index (χ1n) is 12.4. The van der Waals surface area contributed by atoms with Crippen LogP contribution >= 0.6 is 0 Å². The molecule has 0 aliphatic carbocycles. The monoisotopic (exact) mass is 536 g/mol. The number of benzene rings is 1. The molecule has 212 valence electrons. The third-order valence-corrected chi connectivity index (χ3v) is 5.45. The fourth-order valence-corrected chi connectivity index (χ4v) is 3.66. The minimum atomic E-state index is -1.46. The average Bonchev–Trinajstić information content (AvgIpc) is 2.79. The Bertz CT molecular complexity index is 1010. The molecule has 0 radical (unpaired) electrons. The van der Waals surface area contributed by atoms with Crippen LogP contribution in [0, 0.1) is 13.8 Å². The summed E-state index contributed by atoms with van der Waals surface area (Å²) >= 11 is 0. The fraction of sp³-hybridized carbons (Fsp3) is 0.577. The predicted octanol–water partition coefficient (Wildman–Crippen LogP) is 1.00. The number of ether oxygens (including phenoxy) is 2. The molecule has 0 aromatic heterocycles. The van der Waals surface area contributed by atoms with Crippen molar-refractivity contribution in [2.75, 3.05) is 26.3 Å². The van der Waals surface area contributed by atoms with E-state index in [1.54, 1.807) is 46.8 Å². The Labute approximate surface area is 223 Å². The van der Waals surface area contributed by atoms with Crippen molar-refractivity contribution in [2.45, 2.75) is 72.1 Å². The summed E-state index contributed by atoms with van der Waals surface area (Å²) in [5.74, 6) is -2.82. The van der Waals surface area contributed by atoms with Crippen molar-refractivity contribution in [3.8, 4) is 0 Å². The van der Waals surface area contributed by atoms with Crippen molar-refractivity contribution >= 4 is 29.8 Å². The highest BCUT2D eigenvalue weighted by Gasteiger charge is 2.37. The third-order valence-electron chi connectivity index (χ3n) is 5.45. The molecule has 2 unspecified atom stereocenters. The summed E-state index contributed by atoms with van der Waals surface area (Å²) in [4.78, 5) is 64.2. The maximum Gasteiger partial charge on any atom is 0.408 e. The number of rotatable bonds is 13. The number of nitrogens with two attached hydrogens (primary N) is 1. The van der Waals surface area contributed by atoms with Crippen LogP contribution in [0.15, 0.2) is 18.2 Å². The second kappa shape index (κ2) is 14.9. The molecule has 1 rings (SSSR count). The molecule has 0 saturated heterocycles. The van der Waals surface area contributed by atoms with E-state index in [0.717, 1.165) is 16.0 Å². The van der Waals surface area contributed by atoms with E-state index >= 15 is 0 Å². The second-order valence-corrected chi connectivity index (χ2v) is 9.66. The molecule has 0 spiro atoms. The van der Waals surface area contributed by atoms with Crippen LogP contribution in [0.3, 0.4) is 0 Å². The van der Waals surface area contributed by atoms with Crippen molar-refractivity contribution in [2.24, 2.45) is 5.73 Å². The van der Waals surface area contributed by atoms with E-state index in [1.807, 2.05) is 13.0 Å². The number of nitrogens with zero attached hydrogens (tertiary/aromatic N) is 1. The van der Waals surface area contributed by atoms with Crippen LogP contribution in [-0.2, 0) is 28.7 Å². The minimum Gasteiger partial charge on any atom is -0.466 e. The van der Waals surface area contributed by atoms with E-state index < -0.39 is 60.5 Å². The van der Waals surface area contributed by atoms with Gasteiger partial charge in [0, 0.05) is 13.1 Å². The minimum absolute atomic E-state index is 0.0545. The summed E-state index contributed by atoms with van der Waals surface area (Å²) in [6.45, 7) is 9.51. The normalized spacial score (nSPS) is 12.6. The van der Waals surface area contributed by atoms with Gasteiger partial charge in [-0.3, -0.25) is 19.2 Å². The van der Waals surface area contributed by atoms with Crippen LogP contribution in [0.25, 0.3) is 0 Å². The largest absolute Gasteiger partial charge is 0.466 e. The highest BCUT2D eigenvalue weighted by Crippen LogP contribution is 2.27. The molecular formula is C26H40N4O8. The molecule has 12 heteroatoms. The van der Waals surface area contributed by atoms with E-state index in [9.17, 15) is 29.1 Å². The molecule has 38 heavy (non-hydrogen) atoms. The quantitative estimate of drug-likeness (QED) is 0.270. The smallest absolute Gasteiger partial charge is 0.408 e. The number of alkyl carbamates (subject to hydrolysis) is 1. The number of aliphatic hydroxyl groups is 1. The van der Waals surface area contributed by atoms with Crippen LogP contribution in [0.5, 0.6) is 0 Å². The maximum atomic E-state index is 13.7. The highest BCUT2D eigenvalue weighted by molar-refractivity contribution is 5.94. The summed E-state index contributed by atoms with van der Waals surface area (Å²) in [5, 5.41) is 14.8. The molecule has 0 saturated carbocycles. The molecule has 4 amide bonds. The molecule has 12 nitrogen and oxygen atoms in total. The number of esters is 1. The van der Waals surface area contributed by atoms with E-state index in [1.165, 1.54) is 0 Å². The fourth-order valence-electron chi connectivity index (χ4n) is 3.66. The lowest BCUT2D eigenvalue weighted by Crippen LogP contribution is -2.54. The Morgan fingerprint density at radius 1 is 1.13 bits per heavy atom. The van der Waals surface area contributed by atoms with Crippen molar-refractivity contribution in [1.29, 1.82) is 0 Å². The second-order valence-electron chi connectivity index (χ2n) is 9.66. The molecule has 5 N–H and O–H groups in total. The van der Waals surface area contributed by atoms with Gasteiger partial charge in [0.05, 0.1) is 26.1 Å². The van der Waals surface area contributed by atoms with Crippen molar-refractivity contribution in [1.82, 2.24) is 15.5 Å². The lowest BCUT2D eigenvalue weighted by atomic mass is 9.95. The molecule has 0 bridgehead atoms. The van der Waals surface area contributed by atoms with Gasteiger partial charge >= 0.3 is 12.1 Å². The van der Waals surface area contributed by atoms with Crippen molar-refractivity contribution in [3.05, 3.63) is 34.9 Å². The Morgan fingerprint density at radius 2 is 1.79 bits per heavy atom. The van der Waals surface area contributed by atoms with Gasteiger partial charge in [-0.2, -0.15) is 0 Å². The molecule has 0 heterocycles. The number of hydrogen-bond acceptors (Lipinski definition) is 8. The Hall–Kier alpha value is -3.67. The third kappa shape index (κ3) is 10.4. The van der Waals surface area contributed by atoms with Crippen LogP contribution in [0.1, 0.15) is 63.3 Å². The first-order chi connectivity index (χ1) is 17.7. The Morgan fingerprint density at radius 3 is 2.34 bits per heavy atom. The predicted molar refractivity (Wildman–Crippen MR) is 139 cm³/mol. The number of primary amides is 1. The number of nitrogens with one attached hydrogen (secondary N) is 2. The van der Waals surface area contributed by atoms with Gasteiger partial charge in [0.15, 0.2) is 0 Å². The molecule has 1 aromatic carbocycles. The number of aliphatic hydroxyl groups excluding tert-OH is 1. The summed E-state index contributed by atoms with van der Waals surface area (Å²) in [6, 6.07) is 2.51. The van der Waals surface area contributed by atoms with Gasteiger partial charge in [-0.25, -0.2) is 4.79 Å². The first-order valence-corrected chi connectivity index (χ1v) is 12.4. The maximum absolute atomic E-state index is 13.7. The number of aryl methyl sites for hydroxylation is 1. The van der Waals surface area contributed by atoms with Gasteiger partial charge in [0.25, 0.3) is 0 Å². The van der Waals surface area contributed by atoms with Gasteiger partial charge in [-0.15, -0.1) is 0 Å². The average molecular weight is 537 g/mol. The Kier molecular flexibility index (Phi) is 12.7. The van der Waals surface area contributed by atoms with Gasteiger partial charge in [0.2, 0.25) is 17.7 Å². The van der Waals surface area contributed by atoms with Crippen LogP contribution < -0.4 is 16.4 Å². The first kappa shape index (κ1) is 32.4. The van der Waals surface area contributed by atoms with Crippen LogP contribution in [0.4, 0.5) is 4.79 Å². The highest BCUT2D eigenvalue weighted by atomic mass is 16.6. The van der Waals surface area contributed by atoms with E-state index in [0.29, 0.717) is 5.56 Å². The molecule has 0 aliphatic rings.